The van der Waals surface area contributed by atoms with Crippen molar-refractivity contribution in [1.82, 2.24) is 4.31 Å². The van der Waals surface area contributed by atoms with Crippen LogP contribution < -0.4 is 4.74 Å². The molecule has 30 heavy (non-hydrogen) atoms. The molecule has 0 unspecified atom stereocenters. The zero-order valence-electron chi connectivity index (χ0n) is 16.6. The third-order valence-electron chi connectivity index (χ3n) is 5.14. The zero-order valence-corrected chi connectivity index (χ0v) is 17.4. The molecule has 1 saturated heterocycles. The molecule has 0 atom stereocenters. The number of hydrogen-bond donors (Lipinski definition) is 0. The average molecular weight is 441 g/mol. The van der Waals surface area contributed by atoms with Crippen molar-refractivity contribution in [3.63, 3.8) is 0 Å². The van der Waals surface area contributed by atoms with Crippen molar-refractivity contribution < 1.29 is 31.1 Å². The number of halogens is 3. The number of hydrogen-bond acceptors (Lipinski definition) is 4. The van der Waals surface area contributed by atoms with Crippen molar-refractivity contribution in [2.24, 2.45) is 5.92 Å². The lowest BCUT2D eigenvalue weighted by Gasteiger charge is -2.30. The molecule has 0 aromatic heterocycles. The van der Waals surface area contributed by atoms with Crippen molar-refractivity contribution in [2.45, 2.75) is 37.8 Å². The van der Waals surface area contributed by atoms with Crippen LogP contribution in [0.2, 0.25) is 0 Å². The molecule has 0 bridgehead atoms. The van der Waals surface area contributed by atoms with Crippen molar-refractivity contribution in [1.29, 1.82) is 0 Å². The molecule has 0 aliphatic carbocycles. The number of piperidine rings is 1. The Balaban J connectivity index is 1.70. The quantitative estimate of drug-likeness (QED) is 0.523. The molecule has 0 amide bonds. The normalized spacial score (nSPS) is 16.4. The largest absolute Gasteiger partial charge is 0.426 e. The second-order valence-electron chi connectivity index (χ2n) is 7.36. The van der Waals surface area contributed by atoms with Gasteiger partial charge in [0.1, 0.15) is 5.75 Å². The molecular weight excluding hydrogens is 419 g/mol. The predicted molar refractivity (Wildman–Crippen MR) is 104 cm³/mol. The standard InChI is InChI=1S/C21H22F3NO4S/c1-14-7-8-18(15(2)13-14)29-20(26)16-9-11-25(12-10-16)30(27,28)19-6-4-3-5-17(19)21(22,23)24/h3-8,13,16H,9-12H2,1-2H3. The fourth-order valence-corrected chi connectivity index (χ4v) is 5.18. The van der Waals surface area contributed by atoms with Gasteiger partial charge in [0.15, 0.2) is 0 Å². The first-order chi connectivity index (χ1) is 14.0. The summed E-state index contributed by atoms with van der Waals surface area (Å²) in [6, 6.07) is 9.53. The fraction of sp³-hybridized carbons (Fsp3) is 0.381. The number of ether oxygens (including phenoxy) is 1. The second kappa shape index (κ2) is 8.39. The van der Waals surface area contributed by atoms with Gasteiger partial charge in [0.2, 0.25) is 10.0 Å². The van der Waals surface area contributed by atoms with Crippen molar-refractivity contribution >= 4 is 16.0 Å². The Hall–Kier alpha value is -2.39. The number of rotatable bonds is 4. The summed E-state index contributed by atoms with van der Waals surface area (Å²) in [5.74, 6) is -0.538. The molecule has 0 saturated carbocycles. The van der Waals surface area contributed by atoms with E-state index in [1.54, 1.807) is 6.07 Å². The first kappa shape index (κ1) is 22.3. The van der Waals surface area contributed by atoms with E-state index in [0.29, 0.717) is 5.75 Å². The topological polar surface area (TPSA) is 63.7 Å². The summed E-state index contributed by atoms with van der Waals surface area (Å²) in [4.78, 5) is 11.7. The summed E-state index contributed by atoms with van der Waals surface area (Å²) < 4.78 is 71.8. The summed E-state index contributed by atoms with van der Waals surface area (Å²) in [7, 11) is -4.33. The van der Waals surface area contributed by atoms with E-state index in [0.717, 1.165) is 33.6 Å². The molecule has 2 aromatic carbocycles. The number of sulfonamides is 1. The fourth-order valence-electron chi connectivity index (χ4n) is 3.50. The van der Waals surface area contributed by atoms with Crippen LogP contribution in [0.1, 0.15) is 29.5 Å². The molecule has 1 aliphatic rings. The molecule has 1 heterocycles. The number of alkyl halides is 3. The van der Waals surface area contributed by atoms with Crippen molar-refractivity contribution in [2.75, 3.05) is 13.1 Å². The van der Waals surface area contributed by atoms with Gasteiger partial charge in [-0.1, -0.05) is 29.8 Å². The van der Waals surface area contributed by atoms with E-state index in [9.17, 15) is 26.4 Å². The minimum Gasteiger partial charge on any atom is -0.426 e. The molecule has 3 rings (SSSR count). The summed E-state index contributed by atoms with van der Waals surface area (Å²) in [5.41, 5.74) is 0.651. The van der Waals surface area contributed by atoms with Gasteiger partial charge in [-0.3, -0.25) is 4.79 Å². The third kappa shape index (κ3) is 4.67. The van der Waals surface area contributed by atoms with Gasteiger partial charge < -0.3 is 4.74 Å². The highest BCUT2D eigenvalue weighted by atomic mass is 32.2. The number of esters is 1. The van der Waals surface area contributed by atoms with Crippen LogP contribution in [0, 0.1) is 19.8 Å². The summed E-state index contributed by atoms with van der Waals surface area (Å²) in [6.07, 6.45) is -4.42. The smallest absolute Gasteiger partial charge is 0.417 e. The lowest BCUT2D eigenvalue weighted by molar-refractivity contribution is -0.140. The molecule has 9 heteroatoms. The van der Waals surface area contributed by atoms with Gasteiger partial charge >= 0.3 is 12.1 Å². The van der Waals surface area contributed by atoms with Gasteiger partial charge in [0, 0.05) is 13.1 Å². The second-order valence-corrected chi connectivity index (χ2v) is 9.27. The lowest BCUT2D eigenvalue weighted by atomic mass is 9.98. The van der Waals surface area contributed by atoms with E-state index in [4.69, 9.17) is 4.74 Å². The molecule has 162 valence electrons. The van der Waals surface area contributed by atoms with Gasteiger partial charge in [-0.2, -0.15) is 17.5 Å². The lowest BCUT2D eigenvalue weighted by Crippen LogP contribution is -2.41. The Morgan fingerprint density at radius 1 is 1.07 bits per heavy atom. The third-order valence-corrected chi connectivity index (χ3v) is 7.10. The average Bonchev–Trinajstić information content (AvgIpc) is 2.69. The van der Waals surface area contributed by atoms with E-state index in [-0.39, 0.29) is 25.9 Å². The maximum atomic E-state index is 13.2. The summed E-state index contributed by atoms with van der Waals surface area (Å²) in [6.45, 7) is 3.64. The number of carbonyl (C=O) groups is 1. The van der Waals surface area contributed by atoms with Gasteiger partial charge in [0.25, 0.3) is 0 Å². The van der Waals surface area contributed by atoms with Gasteiger partial charge in [-0.05, 0) is 50.5 Å². The monoisotopic (exact) mass is 441 g/mol. The Bertz CT molecular complexity index is 1040. The highest BCUT2D eigenvalue weighted by molar-refractivity contribution is 7.89. The van der Waals surface area contributed by atoms with Crippen LogP contribution in [0.25, 0.3) is 0 Å². The van der Waals surface area contributed by atoms with E-state index >= 15 is 0 Å². The van der Waals surface area contributed by atoms with Crippen LogP contribution >= 0.6 is 0 Å². The van der Waals surface area contributed by atoms with E-state index in [1.165, 1.54) is 6.07 Å². The molecule has 0 radical (unpaired) electrons. The number of benzene rings is 2. The van der Waals surface area contributed by atoms with Crippen molar-refractivity contribution in [3.8, 4) is 5.75 Å². The summed E-state index contributed by atoms with van der Waals surface area (Å²) in [5, 5.41) is 0. The van der Waals surface area contributed by atoms with Crippen molar-refractivity contribution in [3.05, 3.63) is 59.2 Å². The predicted octanol–water partition coefficient (Wildman–Crippen LogP) is 4.33. The Morgan fingerprint density at radius 2 is 1.70 bits per heavy atom. The Morgan fingerprint density at radius 3 is 2.30 bits per heavy atom. The summed E-state index contributed by atoms with van der Waals surface area (Å²) >= 11 is 0. The van der Waals surface area contributed by atoms with Gasteiger partial charge in [-0.25, -0.2) is 8.42 Å². The molecular formula is C21H22F3NO4S. The van der Waals surface area contributed by atoms with E-state index in [1.807, 2.05) is 26.0 Å². The highest BCUT2D eigenvalue weighted by Gasteiger charge is 2.40. The maximum Gasteiger partial charge on any atom is 0.417 e. The van der Waals surface area contributed by atoms with Crippen LogP contribution in [0.4, 0.5) is 13.2 Å². The van der Waals surface area contributed by atoms with Crippen LogP contribution in [0.3, 0.4) is 0 Å². The number of aryl methyl sites for hydroxylation is 2. The van der Waals surface area contributed by atoms with Gasteiger partial charge in [-0.15, -0.1) is 0 Å². The molecule has 1 aliphatic heterocycles. The highest BCUT2D eigenvalue weighted by Crippen LogP contribution is 2.36. The zero-order chi connectivity index (χ0) is 22.1. The van der Waals surface area contributed by atoms with Crippen LogP contribution in [-0.2, 0) is 21.0 Å². The first-order valence-electron chi connectivity index (χ1n) is 9.45. The number of nitrogens with zero attached hydrogens (tertiary/aromatic N) is 1. The molecule has 2 aromatic rings. The molecule has 1 fully saturated rings. The molecule has 5 nitrogen and oxygen atoms in total. The maximum absolute atomic E-state index is 13.2. The molecule has 0 N–H and O–H groups in total. The SMILES string of the molecule is Cc1ccc(OC(=O)C2CCN(S(=O)(=O)c3ccccc3C(F)(F)F)CC2)c(C)c1. The van der Waals surface area contributed by atoms with Crippen LogP contribution in [-0.4, -0.2) is 31.8 Å². The first-order valence-corrected chi connectivity index (χ1v) is 10.9. The number of carbonyl (C=O) groups excluding carboxylic acids is 1. The minimum absolute atomic E-state index is 0.0544. The Kier molecular flexibility index (Phi) is 6.24. The van der Waals surface area contributed by atoms with Crippen LogP contribution in [0.5, 0.6) is 5.75 Å². The molecule has 0 spiro atoms. The minimum atomic E-state index is -4.78. The van der Waals surface area contributed by atoms with E-state index < -0.39 is 38.5 Å². The Labute approximate surface area is 173 Å². The van der Waals surface area contributed by atoms with Gasteiger partial charge in [0.05, 0.1) is 16.4 Å². The van der Waals surface area contributed by atoms with Crippen LogP contribution in [0.15, 0.2) is 47.4 Å². The van der Waals surface area contributed by atoms with E-state index in [2.05, 4.69) is 0 Å².